The van der Waals surface area contributed by atoms with Crippen LogP contribution in [0.5, 0.6) is 0 Å². The van der Waals surface area contributed by atoms with Gasteiger partial charge in [-0.15, -0.1) is 0 Å². The molecule has 0 aliphatic carbocycles. The predicted molar refractivity (Wildman–Crippen MR) is 105 cm³/mol. The summed E-state index contributed by atoms with van der Waals surface area (Å²) >= 11 is 3.44. The number of aryl methyl sites for hydroxylation is 1. The van der Waals surface area contributed by atoms with Crippen molar-refractivity contribution < 1.29 is 9.90 Å². The molecule has 1 N–H and O–H groups in total. The fourth-order valence-corrected chi connectivity index (χ4v) is 3.23. The van der Waals surface area contributed by atoms with Gasteiger partial charge in [0, 0.05) is 4.47 Å². The molecular formula is C22H19BrO2. The van der Waals surface area contributed by atoms with E-state index in [2.05, 4.69) is 15.9 Å². The molecule has 0 fully saturated rings. The Bertz CT molecular complexity index is 841. The van der Waals surface area contributed by atoms with Crippen molar-refractivity contribution in [1.82, 2.24) is 0 Å². The molecule has 1 unspecified atom stereocenters. The molecule has 0 bridgehead atoms. The van der Waals surface area contributed by atoms with Gasteiger partial charge in [-0.2, -0.15) is 0 Å². The van der Waals surface area contributed by atoms with E-state index in [-0.39, 0.29) is 0 Å². The lowest BCUT2D eigenvalue weighted by Gasteiger charge is -2.14. The molecule has 0 saturated heterocycles. The minimum absolute atomic E-state index is 0.504. The van der Waals surface area contributed by atoms with Crippen molar-refractivity contribution in [2.45, 2.75) is 18.8 Å². The molecule has 2 nitrogen and oxygen atoms in total. The zero-order valence-corrected chi connectivity index (χ0v) is 15.3. The van der Waals surface area contributed by atoms with E-state index in [0.29, 0.717) is 6.42 Å². The van der Waals surface area contributed by atoms with Gasteiger partial charge < -0.3 is 5.11 Å². The first-order valence-corrected chi connectivity index (χ1v) is 9.05. The summed E-state index contributed by atoms with van der Waals surface area (Å²) in [4.78, 5) is 11.8. The van der Waals surface area contributed by atoms with Gasteiger partial charge in [-0.1, -0.05) is 82.7 Å². The van der Waals surface area contributed by atoms with Crippen LogP contribution in [0.1, 0.15) is 23.5 Å². The van der Waals surface area contributed by atoms with Crippen molar-refractivity contribution in [2.75, 3.05) is 0 Å². The monoisotopic (exact) mass is 394 g/mol. The molecular weight excluding hydrogens is 376 g/mol. The standard InChI is InChI=1S/C22H19BrO2/c23-20-12-10-17(11-13-20)18-7-4-8-19(15-18)21(22(24)25)14-9-16-5-2-1-3-6-16/h1-8,10-13,15,21H,9,14H2,(H,24,25). The Morgan fingerprint density at radius 2 is 1.60 bits per heavy atom. The SMILES string of the molecule is O=C(O)C(CCc1ccccc1)c1cccc(-c2ccc(Br)cc2)c1. The van der Waals surface area contributed by atoms with E-state index in [1.54, 1.807) is 0 Å². The van der Waals surface area contributed by atoms with Crippen LogP contribution in [0.2, 0.25) is 0 Å². The summed E-state index contributed by atoms with van der Waals surface area (Å²) in [5.74, 6) is -1.28. The first-order valence-electron chi connectivity index (χ1n) is 8.26. The maximum atomic E-state index is 11.8. The van der Waals surface area contributed by atoms with Gasteiger partial charge >= 0.3 is 5.97 Å². The molecule has 1 atom stereocenters. The lowest BCUT2D eigenvalue weighted by molar-refractivity contribution is -0.138. The number of benzene rings is 3. The Hall–Kier alpha value is -2.39. The number of rotatable bonds is 6. The number of carboxylic acid groups (broad SMARTS) is 1. The number of hydrogen-bond acceptors (Lipinski definition) is 1. The van der Waals surface area contributed by atoms with Gasteiger partial charge in [-0.05, 0) is 47.2 Å². The van der Waals surface area contributed by atoms with Gasteiger partial charge in [-0.3, -0.25) is 4.79 Å². The van der Waals surface area contributed by atoms with Crippen molar-refractivity contribution in [2.24, 2.45) is 0 Å². The molecule has 0 amide bonds. The Morgan fingerprint density at radius 1 is 0.880 bits per heavy atom. The second-order valence-electron chi connectivity index (χ2n) is 6.05. The zero-order chi connectivity index (χ0) is 17.6. The molecule has 3 heteroatoms. The molecule has 126 valence electrons. The number of hydrogen-bond donors (Lipinski definition) is 1. The molecule has 0 aliphatic rings. The number of carbonyl (C=O) groups is 1. The van der Waals surface area contributed by atoms with Crippen LogP contribution >= 0.6 is 15.9 Å². The average Bonchev–Trinajstić information content (AvgIpc) is 2.63. The van der Waals surface area contributed by atoms with Crippen molar-refractivity contribution in [3.8, 4) is 11.1 Å². The van der Waals surface area contributed by atoms with E-state index in [1.165, 1.54) is 0 Å². The molecule has 0 saturated carbocycles. The molecule has 3 rings (SSSR count). The Morgan fingerprint density at radius 3 is 2.28 bits per heavy atom. The first-order chi connectivity index (χ1) is 12.1. The summed E-state index contributed by atoms with van der Waals surface area (Å²) in [6.07, 6.45) is 1.34. The van der Waals surface area contributed by atoms with E-state index >= 15 is 0 Å². The number of aliphatic carboxylic acids is 1. The Balaban J connectivity index is 1.83. The second kappa shape index (κ2) is 8.13. The van der Waals surface area contributed by atoms with Gasteiger partial charge in [-0.25, -0.2) is 0 Å². The van der Waals surface area contributed by atoms with Crippen molar-refractivity contribution in [3.05, 3.63) is 94.5 Å². The van der Waals surface area contributed by atoms with Crippen molar-refractivity contribution >= 4 is 21.9 Å². The largest absolute Gasteiger partial charge is 0.481 e. The zero-order valence-electron chi connectivity index (χ0n) is 13.7. The second-order valence-corrected chi connectivity index (χ2v) is 6.96. The van der Waals surface area contributed by atoms with E-state index < -0.39 is 11.9 Å². The third-order valence-corrected chi connectivity index (χ3v) is 4.86. The van der Waals surface area contributed by atoms with Crippen LogP contribution in [0, 0.1) is 0 Å². The van der Waals surface area contributed by atoms with Crippen LogP contribution in [0.3, 0.4) is 0 Å². The topological polar surface area (TPSA) is 37.3 Å². The van der Waals surface area contributed by atoms with Crippen LogP contribution < -0.4 is 0 Å². The molecule has 3 aromatic rings. The molecule has 0 heterocycles. The summed E-state index contributed by atoms with van der Waals surface area (Å²) in [5.41, 5.74) is 4.13. The maximum absolute atomic E-state index is 11.8. The third-order valence-electron chi connectivity index (χ3n) is 4.33. The summed E-state index contributed by atoms with van der Waals surface area (Å²) in [7, 11) is 0. The van der Waals surface area contributed by atoms with Gasteiger partial charge in [0.15, 0.2) is 0 Å². The van der Waals surface area contributed by atoms with E-state index in [0.717, 1.165) is 33.1 Å². The van der Waals surface area contributed by atoms with Crippen LogP contribution in [0.4, 0.5) is 0 Å². The highest BCUT2D eigenvalue weighted by atomic mass is 79.9. The van der Waals surface area contributed by atoms with Crippen LogP contribution in [-0.4, -0.2) is 11.1 Å². The van der Waals surface area contributed by atoms with Crippen LogP contribution in [0.25, 0.3) is 11.1 Å². The van der Waals surface area contributed by atoms with Crippen LogP contribution in [0.15, 0.2) is 83.3 Å². The van der Waals surface area contributed by atoms with Gasteiger partial charge in [0.25, 0.3) is 0 Å². The first kappa shape index (κ1) is 17.4. The highest BCUT2D eigenvalue weighted by Crippen LogP contribution is 2.28. The fourth-order valence-electron chi connectivity index (χ4n) is 2.97. The predicted octanol–water partition coefficient (Wildman–Crippen LogP) is 5.92. The Labute approximate surface area is 156 Å². The summed E-state index contributed by atoms with van der Waals surface area (Å²) in [5, 5.41) is 9.70. The maximum Gasteiger partial charge on any atom is 0.310 e. The quantitative estimate of drug-likeness (QED) is 0.563. The molecule has 25 heavy (non-hydrogen) atoms. The van der Waals surface area contributed by atoms with Crippen molar-refractivity contribution in [1.29, 1.82) is 0 Å². The lowest BCUT2D eigenvalue weighted by Crippen LogP contribution is -2.12. The minimum Gasteiger partial charge on any atom is -0.481 e. The summed E-state index contributed by atoms with van der Waals surface area (Å²) in [6.45, 7) is 0. The van der Waals surface area contributed by atoms with E-state index in [4.69, 9.17) is 0 Å². The minimum atomic E-state index is -0.774. The molecule has 0 aromatic heterocycles. The van der Waals surface area contributed by atoms with E-state index in [1.807, 2.05) is 78.9 Å². The highest BCUT2D eigenvalue weighted by Gasteiger charge is 2.20. The summed E-state index contributed by atoms with van der Waals surface area (Å²) in [6, 6.07) is 25.9. The average molecular weight is 395 g/mol. The Kier molecular flexibility index (Phi) is 5.67. The van der Waals surface area contributed by atoms with Gasteiger partial charge in [0.05, 0.1) is 5.92 Å². The lowest BCUT2D eigenvalue weighted by atomic mass is 9.90. The third kappa shape index (κ3) is 4.58. The molecule has 0 aliphatic heterocycles. The highest BCUT2D eigenvalue weighted by molar-refractivity contribution is 9.10. The normalized spacial score (nSPS) is 11.9. The molecule has 0 spiro atoms. The van der Waals surface area contributed by atoms with Gasteiger partial charge in [0.1, 0.15) is 0 Å². The van der Waals surface area contributed by atoms with E-state index in [9.17, 15) is 9.90 Å². The molecule has 0 radical (unpaired) electrons. The van der Waals surface area contributed by atoms with Crippen LogP contribution in [-0.2, 0) is 11.2 Å². The summed E-state index contributed by atoms with van der Waals surface area (Å²) < 4.78 is 1.03. The van der Waals surface area contributed by atoms with Gasteiger partial charge in [0.2, 0.25) is 0 Å². The van der Waals surface area contributed by atoms with Crippen molar-refractivity contribution in [3.63, 3.8) is 0 Å². The number of halogens is 1. The molecule has 3 aromatic carbocycles. The smallest absolute Gasteiger partial charge is 0.310 e. The number of carboxylic acids is 1. The fraction of sp³-hybridized carbons (Fsp3) is 0.136.